The third kappa shape index (κ3) is 4.47. The number of hydrogen-bond donors (Lipinski definition) is 0. The van der Waals surface area contributed by atoms with Crippen molar-refractivity contribution in [1.82, 2.24) is 10.1 Å². The van der Waals surface area contributed by atoms with E-state index in [0.29, 0.717) is 0 Å². The highest BCUT2D eigenvalue weighted by molar-refractivity contribution is 6.30. The molecule has 0 atom stereocenters. The fourth-order valence-corrected chi connectivity index (χ4v) is 2.76. The van der Waals surface area contributed by atoms with Crippen LogP contribution in [-0.4, -0.2) is 29.7 Å². The number of rotatable bonds is 4. The molecule has 1 aromatic carbocycles. The summed E-state index contributed by atoms with van der Waals surface area (Å²) in [5, 5.41) is 4.88. The first-order valence-corrected chi connectivity index (χ1v) is 7.63. The molecule has 5 heteroatoms. The summed E-state index contributed by atoms with van der Waals surface area (Å²) in [6.45, 7) is 3.51. The van der Waals surface area contributed by atoms with Gasteiger partial charge in [0.15, 0.2) is 0 Å². The largest absolute Gasteiger partial charge is 0.361 e. The van der Waals surface area contributed by atoms with Gasteiger partial charge in [0.2, 0.25) is 0 Å². The van der Waals surface area contributed by atoms with Gasteiger partial charge in [-0.05, 0) is 38.1 Å². The number of nitrogens with zero attached hydrogens (tertiary/aromatic N) is 2. The van der Waals surface area contributed by atoms with Crippen molar-refractivity contribution >= 4 is 24.0 Å². The van der Waals surface area contributed by atoms with Crippen molar-refractivity contribution in [2.24, 2.45) is 0 Å². The number of piperidine rings is 1. The first-order valence-electron chi connectivity index (χ1n) is 7.25. The Labute approximate surface area is 136 Å². The summed E-state index contributed by atoms with van der Waals surface area (Å²) in [5.41, 5.74) is 1.93. The minimum absolute atomic E-state index is 0. The van der Waals surface area contributed by atoms with Crippen LogP contribution in [0.5, 0.6) is 0 Å². The molecular formula is C16H20Cl2N2O. The maximum Gasteiger partial charge on any atom is 0.138 e. The minimum atomic E-state index is 0. The number of hydrogen-bond acceptors (Lipinski definition) is 3. The van der Waals surface area contributed by atoms with Gasteiger partial charge in [-0.3, -0.25) is 0 Å². The van der Waals surface area contributed by atoms with E-state index in [4.69, 9.17) is 16.1 Å². The molecule has 3 nitrogen and oxygen atoms in total. The highest BCUT2D eigenvalue weighted by atomic mass is 35.5. The molecule has 21 heavy (non-hydrogen) atoms. The zero-order chi connectivity index (χ0) is 13.8. The Morgan fingerprint density at radius 1 is 1.10 bits per heavy atom. The van der Waals surface area contributed by atoms with Crippen LogP contribution in [0.3, 0.4) is 0 Å². The van der Waals surface area contributed by atoms with E-state index in [-0.39, 0.29) is 12.4 Å². The molecule has 0 spiro atoms. The third-order valence-corrected chi connectivity index (χ3v) is 4.07. The molecule has 0 N–H and O–H groups in total. The number of benzene rings is 1. The molecular weight excluding hydrogens is 307 g/mol. The quantitative estimate of drug-likeness (QED) is 0.831. The summed E-state index contributed by atoms with van der Waals surface area (Å²) in [7, 11) is 0. The smallest absolute Gasteiger partial charge is 0.138 e. The first kappa shape index (κ1) is 16.3. The number of aromatic nitrogens is 1. The van der Waals surface area contributed by atoms with Crippen molar-refractivity contribution in [3.05, 3.63) is 41.1 Å². The average molecular weight is 327 g/mol. The first-order chi connectivity index (χ1) is 9.81. The normalized spacial score (nSPS) is 15.7. The molecule has 0 saturated carbocycles. The Hall–Kier alpha value is -1.03. The molecule has 0 amide bonds. The molecule has 1 aromatic heterocycles. The van der Waals surface area contributed by atoms with Crippen LogP contribution in [-0.2, 0) is 6.42 Å². The van der Waals surface area contributed by atoms with Crippen LogP contribution in [0.4, 0.5) is 0 Å². The van der Waals surface area contributed by atoms with Crippen molar-refractivity contribution in [2.45, 2.75) is 25.7 Å². The lowest BCUT2D eigenvalue weighted by Crippen LogP contribution is -2.31. The van der Waals surface area contributed by atoms with E-state index in [1.807, 2.05) is 30.3 Å². The molecule has 2 aromatic rings. The number of likely N-dealkylation sites (tertiary alicyclic amines) is 1. The molecule has 0 bridgehead atoms. The zero-order valence-electron chi connectivity index (χ0n) is 11.9. The van der Waals surface area contributed by atoms with Gasteiger partial charge in [-0.25, -0.2) is 0 Å². The van der Waals surface area contributed by atoms with E-state index in [0.717, 1.165) is 35.0 Å². The third-order valence-electron chi connectivity index (χ3n) is 3.82. The lowest BCUT2D eigenvalue weighted by molar-refractivity contribution is 0.224. The van der Waals surface area contributed by atoms with Crippen LogP contribution in [0, 0.1) is 0 Å². The molecule has 1 saturated heterocycles. The summed E-state index contributed by atoms with van der Waals surface area (Å²) in [6, 6.07) is 9.72. The predicted molar refractivity (Wildman–Crippen MR) is 88.2 cm³/mol. The van der Waals surface area contributed by atoms with Crippen LogP contribution in [0.15, 0.2) is 34.9 Å². The Kier molecular flexibility index (Phi) is 6.09. The van der Waals surface area contributed by atoms with Gasteiger partial charge in [-0.1, -0.05) is 35.3 Å². The van der Waals surface area contributed by atoms with E-state index >= 15 is 0 Å². The SMILES string of the molecule is Cl.Clc1ccc(-c2cc(CCN3CCCCC3)on2)cc1. The van der Waals surface area contributed by atoms with Gasteiger partial charge in [-0.2, -0.15) is 0 Å². The fourth-order valence-electron chi connectivity index (χ4n) is 2.64. The monoisotopic (exact) mass is 326 g/mol. The van der Waals surface area contributed by atoms with Gasteiger partial charge >= 0.3 is 0 Å². The highest BCUT2D eigenvalue weighted by Gasteiger charge is 2.12. The second-order valence-corrected chi connectivity index (χ2v) is 5.77. The van der Waals surface area contributed by atoms with Gasteiger partial charge in [0.1, 0.15) is 11.5 Å². The summed E-state index contributed by atoms with van der Waals surface area (Å²) in [4.78, 5) is 2.51. The average Bonchev–Trinajstić information content (AvgIpc) is 2.96. The highest BCUT2D eigenvalue weighted by Crippen LogP contribution is 2.21. The van der Waals surface area contributed by atoms with Crippen LogP contribution in [0.2, 0.25) is 5.02 Å². The van der Waals surface area contributed by atoms with E-state index in [9.17, 15) is 0 Å². The van der Waals surface area contributed by atoms with Gasteiger partial charge < -0.3 is 9.42 Å². The lowest BCUT2D eigenvalue weighted by atomic mass is 10.1. The van der Waals surface area contributed by atoms with Gasteiger partial charge in [0, 0.05) is 29.6 Å². The Balaban J connectivity index is 0.00000161. The van der Waals surface area contributed by atoms with Crippen molar-refractivity contribution < 1.29 is 4.52 Å². The summed E-state index contributed by atoms with van der Waals surface area (Å²) in [5.74, 6) is 0.959. The summed E-state index contributed by atoms with van der Waals surface area (Å²) >= 11 is 5.89. The standard InChI is InChI=1S/C16H19ClN2O.ClH/c17-14-6-4-13(5-7-14)16-12-15(20-18-16)8-11-19-9-2-1-3-10-19;/h4-7,12H,1-3,8-11H2;1H. The molecule has 114 valence electrons. The molecule has 2 heterocycles. The molecule has 0 aliphatic carbocycles. The lowest BCUT2D eigenvalue weighted by Gasteiger charge is -2.25. The van der Waals surface area contributed by atoms with Crippen molar-refractivity contribution in [3.63, 3.8) is 0 Å². The minimum Gasteiger partial charge on any atom is -0.361 e. The second-order valence-electron chi connectivity index (χ2n) is 5.34. The molecule has 1 aliphatic rings. The molecule has 0 unspecified atom stereocenters. The van der Waals surface area contributed by atoms with E-state index in [1.165, 1.54) is 32.4 Å². The maximum absolute atomic E-state index is 5.89. The Morgan fingerprint density at radius 3 is 2.52 bits per heavy atom. The van der Waals surface area contributed by atoms with Crippen molar-refractivity contribution in [1.29, 1.82) is 0 Å². The van der Waals surface area contributed by atoms with E-state index in [1.54, 1.807) is 0 Å². The maximum atomic E-state index is 5.89. The predicted octanol–water partition coefficient (Wildman–Crippen LogP) is 4.45. The summed E-state index contributed by atoms with van der Waals surface area (Å²) in [6.07, 6.45) is 4.96. The number of halogens is 2. The molecule has 1 fully saturated rings. The molecule has 3 rings (SSSR count). The van der Waals surface area contributed by atoms with Crippen LogP contribution < -0.4 is 0 Å². The van der Waals surface area contributed by atoms with Crippen molar-refractivity contribution in [2.75, 3.05) is 19.6 Å². The van der Waals surface area contributed by atoms with Crippen LogP contribution >= 0.6 is 24.0 Å². The fraction of sp³-hybridized carbons (Fsp3) is 0.438. The summed E-state index contributed by atoms with van der Waals surface area (Å²) < 4.78 is 5.43. The zero-order valence-corrected chi connectivity index (χ0v) is 13.5. The topological polar surface area (TPSA) is 29.3 Å². The van der Waals surface area contributed by atoms with Crippen LogP contribution in [0.25, 0.3) is 11.3 Å². The van der Waals surface area contributed by atoms with Crippen LogP contribution in [0.1, 0.15) is 25.0 Å². The second kappa shape index (κ2) is 7.83. The van der Waals surface area contributed by atoms with Gasteiger partial charge in [-0.15, -0.1) is 12.4 Å². The molecule has 0 radical (unpaired) electrons. The van der Waals surface area contributed by atoms with E-state index < -0.39 is 0 Å². The Bertz CT molecular complexity index is 548. The Morgan fingerprint density at radius 2 is 1.81 bits per heavy atom. The van der Waals surface area contributed by atoms with Gasteiger partial charge in [0.25, 0.3) is 0 Å². The van der Waals surface area contributed by atoms with Crippen molar-refractivity contribution in [3.8, 4) is 11.3 Å². The molecule has 1 aliphatic heterocycles. The van der Waals surface area contributed by atoms with Gasteiger partial charge in [0.05, 0.1) is 0 Å². The van der Waals surface area contributed by atoms with E-state index in [2.05, 4.69) is 10.1 Å².